The second kappa shape index (κ2) is 7.77. The molecule has 0 aromatic heterocycles. The molecular formula is C10H21N. The van der Waals surface area contributed by atoms with Crippen LogP contribution in [0.2, 0.25) is 0 Å². The molecule has 0 saturated carbocycles. The van der Waals surface area contributed by atoms with Gasteiger partial charge in [0.2, 0.25) is 0 Å². The summed E-state index contributed by atoms with van der Waals surface area (Å²) in [5.74, 6) is 0. The average molecular weight is 155 g/mol. The summed E-state index contributed by atoms with van der Waals surface area (Å²) in [7, 11) is 0. The number of nitrogens with one attached hydrogen (secondary N) is 1. The van der Waals surface area contributed by atoms with Crippen LogP contribution in [0.15, 0.2) is 0 Å². The SMILES string of the molecule is CCCCCC(=N)CCCC. The lowest BCUT2D eigenvalue weighted by Crippen LogP contribution is -1.95. The molecule has 0 aliphatic carbocycles. The van der Waals surface area contributed by atoms with Gasteiger partial charge in [-0.15, -0.1) is 0 Å². The van der Waals surface area contributed by atoms with E-state index in [1.54, 1.807) is 0 Å². The molecule has 0 atom stereocenters. The maximum absolute atomic E-state index is 7.57. The zero-order valence-corrected chi connectivity index (χ0v) is 7.95. The molecule has 0 amide bonds. The maximum atomic E-state index is 7.57. The molecule has 0 aliphatic heterocycles. The van der Waals surface area contributed by atoms with Crippen molar-refractivity contribution >= 4 is 5.71 Å². The zero-order chi connectivity index (χ0) is 8.53. The standard InChI is InChI=1S/C10H21N/c1-3-5-7-9-10(11)8-6-4-2/h11H,3-9H2,1-2H3. The molecular weight excluding hydrogens is 134 g/mol. The summed E-state index contributed by atoms with van der Waals surface area (Å²) in [4.78, 5) is 0. The van der Waals surface area contributed by atoms with Crippen LogP contribution >= 0.6 is 0 Å². The van der Waals surface area contributed by atoms with E-state index in [2.05, 4.69) is 13.8 Å². The number of unbranched alkanes of at least 4 members (excludes halogenated alkanes) is 3. The largest absolute Gasteiger partial charge is 0.310 e. The Labute approximate surface area is 70.7 Å². The van der Waals surface area contributed by atoms with Crippen LogP contribution in [0.5, 0.6) is 0 Å². The molecule has 0 radical (unpaired) electrons. The Balaban J connectivity index is 3.09. The van der Waals surface area contributed by atoms with E-state index in [1.807, 2.05) is 0 Å². The molecule has 0 rings (SSSR count). The molecule has 0 saturated heterocycles. The summed E-state index contributed by atoms with van der Waals surface area (Å²) in [6, 6.07) is 0. The predicted octanol–water partition coefficient (Wildman–Crippen LogP) is 3.78. The monoisotopic (exact) mass is 155 g/mol. The third-order valence-corrected chi connectivity index (χ3v) is 1.91. The van der Waals surface area contributed by atoms with Gasteiger partial charge in [-0.2, -0.15) is 0 Å². The zero-order valence-electron chi connectivity index (χ0n) is 7.95. The Morgan fingerprint density at radius 1 is 0.909 bits per heavy atom. The molecule has 11 heavy (non-hydrogen) atoms. The highest BCUT2D eigenvalue weighted by molar-refractivity contribution is 5.81. The fourth-order valence-corrected chi connectivity index (χ4v) is 1.10. The van der Waals surface area contributed by atoms with E-state index in [4.69, 9.17) is 5.41 Å². The first kappa shape index (κ1) is 10.7. The fourth-order valence-electron chi connectivity index (χ4n) is 1.10. The third-order valence-electron chi connectivity index (χ3n) is 1.91. The molecule has 0 aromatic carbocycles. The molecule has 1 nitrogen and oxygen atoms in total. The van der Waals surface area contributed by atoms with E-state index in [1.165, 1.54) is 32.1 Å². The van der Waals surface area contributed by atoms with Crippen molar-refractivity contribution in [2.75, 3.05) is 0 Å². The minimum Gasteiger partial charge on any atom is -0.310 e. The maximum Gasteiger partial charge on any atom is 0.00891 e. The average Bonchev–Trinajstić information content (AvgIpc) is 2.01. The van der Waals surface area contributed by atoms with Crippen LogP contribution in [0.1, 0.15) is 58.8 Å². The van der Waals surface area contributed by atoms with Crippen molar-refractivity contribution in [1.82, 2.24) is 0 Å². The molecule has 1 heteroatoms. The van der Waals surface area contributed by atoms with Gasteiger partial charge in [-0.25, -0.2) is 0 Å². The summed E-state index contributed by atoms with van der Waals surface area (Å²) in [5.41, 5.74) is 0.959. The Morgan fingerprint density at radius 3 is 2.00 bits per heavy atom. The number of hydrogen-bond donors (Lipinski definition) is 1. The van der Waals surface area contributed by atoms with Crippen molar-refractivity contribution in [2.45, 2.75) is 58.8 Å². The van der Waals surface area contributed by atoms with Gasteiger partial charge in [0.05, 0.1) is 0 Å². The molecule has 0 aliphatic rings. The highest BCUT2D eigenvalue weighted by Gasteiger charge is 1.95. The van der Waals surface area contributed by atoms with Crippen LogP contribution in [0.3, 0.4) is 0 Å². The molecule has 0 bridgehead atoms. The van der Waals surface area contributed by atoms with Gasteiger partial charge in [0.25, 0.3) is 0 Å². The van der Waals surface area contributed by atoms with Crippen molar-refractivity contribution in [3.05, 3.63) is 0 Å². The normalized spacial score (nSPS) is 10.0. The Kier molecular flexibility index (Phi) is 7.54. The molecule has 0 fully saturated rings. The summed E-state index contributed by atoms with van der Waals surface area (Å²) >= 11 is 0. The van der Waals surface area contributed by atoms with Crippen molar-refractivity contribution in [2.24, 2.45) is 0 Å². The lowest BCUT2D eigenvalue weighted by molar-refractivity contribution is 0.726. The minimum atomic E-state index is 0.959. The predicted molar refractivity (Wildman–Crippen MR) is 51.4 cm³/mol. The third kappa shape index (κ3) is 7.57. The lowest BCUT2D eigenvalue weighted by Gasteiger charge is -2.00. The summed E-state index contributed by atoms with van der Waals surface area (Å²) in [6.07, 6.45) is 8.25. The van der Waals surface area contributed by atoms with Gasteiger partial charge in [0.15, 0.2) is 0 Å². The minimum absolute atomic E-state index is 0.959. The first-order valence-corrected chi connectivity index (χ1v) is 4.87. The van der Waals surface area contributed by atoms with Crippen LogP contribution < -0.4 is 0 Å². The van der Waals surface area contributed by atoms with Gasteiger partial charge >= 0.3 is 0 Å². The quantitative estimate of drug-likeness (QED) is 0.427. The molecule has 0 unspecified atom stereocenters. The first-order chi connectivity index (χ1) is 5.31. The second-order valence-electron chi connectivity index (χ2n) is 3.16. The van der Waals surface area contributed by atoms with Crippen LogP contribution in [-0.2, 0) is 0 Å². The molecule has 66 valence electrons. The summed E-state index contributed by atoms with van der Waals surface area (Å²) in [5, 5.41) is 7.57. The van der Waals surface area contributed by atoms with Crippen LogP contribution in [0.25, 0.3) is 0 Å². The Bertz CT molecular complexity index is 97.0. The first-order valence-electron chi connectivity index (χ1n) is 4.87. The molecule has 0 heterocycles. The topological polar surface area (TPSA) is 23.9 Å². The summed E-state index contributed by atoms with van der Waals surface area (Å²) in [6.45, 7) is 4.38. The molecule has 0 aromatic rings. The Morgan fingerprint density at radius 2 is 1.45 bits per heavy atom. The van der Waals surface area contributed by atoms with Gasteiger partial charge < -0.3 is 5.41 Å². The lowest BCUT2D eigenvalue weighted by atomic mass is 10.1. The van der Waals surface area contributed by atoms with Crippen molar-refractivity contribution in [3.63, 3.8) is 0 Å². The van der Waals surface area contributed by atoms with Gasteiger partial charge in [-0.1, -0.05) is 33.1 Å². The molecule has 0 spiro atoms. The van der Waals surface area contributed by atoms with Gasteiger partial charge in [0.1, 0.15) is 0 Å². The van der Waals surface area contributed by atoms with Gasteiger partial charge in [0, 0.05) is 5.71 Å². The van der Waals surface area contributed by atoms with Crippen molar-refractivity contribution in [3.8, 4) is 0 Å². The van der Waals surface area contributed by atoms with Crippen LogP contribution in [0.4, 0.5) is 0 Å². The van der Waals surface area contributed by atoms with E-state index in [9.17, 15) is 0 Å². The number of hydrogen-bond acceptors (Lipinski definition) is 1. The number of rotatable bonds is 7. The smallest absolute Gasteiger partial charge is 0.00891 e. The van der Waals surface area contributed by atoms with Crippen molar-refractivity contribution < 1.29 is 0 Å². The van der Waals surface area contributed by atoms with Gasteiger partial charge in [-0.3, -0.25) is 0 Å². The van der Waals surface area contributed by atoms with Crippen LogP contribution in [-0.4, -0.2) is 5.71 Å². The molecule has 1 N–H and O–H groups in total. The van der Waals surface area contributed by atoms with Gasteiger partial charge in [-0.05, 0) is 25.7 Å². The fraction of sp³-hybridized carbons (Fsp3) is 0.900. The van der Waals surface area contributed by atoms with Crippen molar-refractivity contribution in [1.29, 1.82) is 5.41 Å². The van der Waals surface area contributed by atoms with E-state index < -0.39 is 0 Å². The van der Waals surface area contributed by atoms with Crippen LogP contribution in [0, 0.1) is 5.41 Å². The van der Waals surface area contributed by atoms with E-state index in [-0.39, 0.29) is 0 Å². The second-order valence-corrected chi connectivity index (χ2v) is 3.16. The highest BCUT2D eigenvalue weighted by atomic mass is 14.4. The van der Waals surface area contributed by atoms with E-state index in [0.717, 1.165) is 18.6 Å². The van der Waals surface area contributed by atoms with E-state index in [0.29, 0.717) is 0 Å². The highest BCUT2D eigenvalue weighted by Crippen LogP contribution is 2.04. The Hall–Kier alpha value is -0.330. The van der Waals surface area contributed by atoms with E-state index >= 15 is 0 Å². The summed E-state index contributed by atoms with van der Waals surface area (Å²) < 4.78 is 0.